The summed E-state index contributed by atoms with van der Waals surface area (Å²) in [5, 5.41) is 0. The molecule has 94 valence electrons. The molecule has 0 fully saturated rings. The van der Waals surface area contributed by atoms with Crippen molar-refractivity contribution < 1.29 is 13.7 Å². The summed E-state index contributed by atoms with van der Waals surface area (Å²) in [6.45, 7) is 0. The molecule has 0 aromatic heterocycles. The number of benzene rings is 1. The fourth-order valence-electron chi connectivity index (χ4n) is 1.48. The summed E-state index contributed by atoms with van der Waals surface area (Å²) in [6.07, 6.45) is 0. The Morgan fingerprint density at radius 1 is 1.47 bits per heavy atom. The van der Waals surface area contributed by atoms with Gasteiger partial charge >= 0.3 is 0 Å². The number of rotatable bonds is 6. The van der Waals surface area contributed by atoms with Crippen molar-refractivity contribution in [3.63, 3.8) is 0 Å². The molecule has 2 atom stereocenters. The van der Waals surface area contributed by atoms with Gasteiger partial charge in [-0.15, -0.1) is 0 Å². The van der Waals surface area contributed by atoms with Gasteiger partial charge in [-0.3, -0.25) is 9.00 Å². The second kappa shape index (κ2) is 6.36. The van der Waals surface area contributed by atoms with Gasteiger partial charge in [0.15, 0.2) is 0 Å². The van der Waals surface area contributed by atoms with E-state index in [0.717, 1.165) is 5.56 Å². The highest BCUT2D eigenvalue weighted by atomic mass is 32.2. The summed E-state index contributed by atoms with van der Waals surface area (Å²) in [5.74, 6) is 0.0817. The third kappa shape index (κ3) is 4.16. The predicted octanol–water partition coefficient (Wildman–Crippen LogP) is -0.0710. The third-order valence-corrected chi connectivity index (χ3v) is 3.54. The van der Waals surface area contributed by atoms with Crippen molar-refractivity contribution in [1.82, 2.24) is 0 Å². The second-order valence-corrected chi connectivity index (χ2v) is 5.07. The Morgan fingerprint density at radius 3 is 2.71 bits per heavy atom. The maximum atomic E-state index is 11.5. The van der Waals surface area contributed by atoms with Crippen LogP contribution in [0.5, 0.6) is 5.75 Å². The largest absolute Gasteiger partial charge is 0.496 e. The monoisotopic (exact) mass is 256 g/mol. The Kier molecular flexibility index (Phi) is 5.11. The number of hydrogen-bond donors (Lipinski definition) is 2. The molecule has 0 saturated heterocycles. The first-order valence-corrected chi connectivity index (χ1v) is 6.55. The molecule has 0 saturated carbocycles. The number of para-hydroxylation sites is 1. The molecule has 1 amide bonds. The normalized spacial score (nSPS) is 14.0. The van der Waals surface area contributed by atoms with Crippen LogP contribution in [0, 0.1) is 0 Å². The number of hydrogen-bond acceptors (Lipinski definition) is 4. The van der Waals surface area contributed by atoms with E-state index in [1.54, 1.807) is 13.2 Å². The van der Waals surface area contributed by atoms with E-state index in [9.17, 15) is 9.00 Å². The van der Waals surface area contributed by atoms with Gasteiger partial charge in [0, 0.05) is 28.2 Å². The minimum absolute atomic E-state index is 0.164. The number of nitrogens with two attached hydrogens (primary N) is 2. The molecular formula is C11H16N2O3S. The number of methoxy groups -OCH3 is 1. The van der Waals surface area contributed by atoms with E-state index in [1.807, 2.05) is 18.2 Å². The highest BCUT2D eigenvalue weighted by molar-refractivity contribution is 7.85. The fraction of sp³-hybridized carbons (Fsp3) is 0.364. The topological polar surface area (TPSA) is 95.4 Å². The lowest BCUT2D eigenvalue weighted by Gasteiger charge is -2.14. The smallest absolute Gasteiger partial charge is 0.230 e. The van der Waals surface area contributed by atoms with Crippen molar-refractivity contribution in [2.45, 2.75) is 6.04 Å². The summed E-state index contributed by atoms with van der Waals surface area (Å²) in [7, 11) is 0.201. The zero-order valence-electron chi connectivity index (χ0n) is 9.59. The molecule has 0 aliphatic heterocycles. The molecular weight excluding hydrogens is 240 g/mol. The summed E-state index contributed by atoms with van der Waals surface area (Å²) >= 11 is 0. The van der Waals surface area contributed by atoms with Crippen LogP contribution in [-0.2, 0) is 15.6 Å². The zero-order chi connectivity index (χ0) is 12.8. The van der Waals surface area contributed by atoms with Gasteiger partial charge in [0.1, 0.15) is 11.5 Å². The van der Waals surface area contributed by atoms with Gasteiger partial charge in [-0.2, -0.15) is 0 Å². The number of ether oxygens (including phenoxy) is 1. The standard InChI is InChI=1S/C11H16N2O3S/c1-16-10-5-3-2-4-8(10)9(12)6-17(15)7-11(13)14/h2-5,9H,6-7,12H2,1H3,(H2,13,14). The van der Waals surface area contributed by atoms with Gasteiger partial charge in [0.05, 0.1) is 7.11 Å². The minimum atomic E-state index is -1.35. The lowest BCUT2D eigenvalue weighted by atomic mass is 10.1. The first kappa shape index (κ1) is 13.7. The van der Waals surface area contributed by atoms with E-state index in [2.05, 4.69) is 0 Å². The van der Waals surface area contributed by atoms with Crippen molar-refractivity contribution in [3.8, 4) is 5.75 Å². The van der Waals surface area contributed by atoms with Gasteiger partial charge in [-0.25, -0.2) is 0 Å². The van der Waals surface area contributed by atoms with Crippen molar-refractivity contribution >= 4 is 16.7 Å². The summed E-state index contributed by atoms with van der Waals surface area (Å²) in [6, 6.07) is 6.81. The van der Waals surface area contributed by atoms with E-state index in [4.69, 9.17) is 16.2 Å². The van der Waals surface area contributed by atoms with E-state index in [1.165, 1.54) is 0 Å². The molecule has 1 aromatic carbocycles. The Labute approximate surface area is 103 Å². The predicted molar refractivity (Wildman–Crippen MR) is 67.0 cm³/mol. The average Bonchev–Trinajstić information content (AvgIpc) is 2.27. The Morgan fingerprint density at radius 2 is 2.12 bits per heavy atom. The highest BCUT2D eigenvalue weighted by Gasteiger charge is 2.15. The summed E-state index contributed by atoms with van der Waals surface area (Å²) in [4.78, 5) is 10.6. The van der Waals surface area contributed by atoms with E-state index in [0.29, 0.717) is 5.75 Å². The molecule has 4 N–H and O–H groups in total. The van der Waals surface area contributed by atoms with Crippen LogP contribution in [0.3, 0.4) is 0 Å². The Balaban J connectivity index is 2.72. The van der Waals surface area contributed by atoms with E-state index < -0.39 is 22.7 Å². The molecule has 0 radical (unpaired) electrons. The molecule has 0 aliphatic carbocycles. The second-order valence-electron chi connectivity index (χ2n) is 3.57. The molecule has 0 spiro atoms. The summed E-state index contributed by atoms with van der Waals surface area (Å²) in [5.41, 5.74) is 11.7. The molecule has 2 unspecified atom stereocenters. The number of primary amides is 1. The first-order chi connectivity index (χ1) is 8.04. The molecule has 1 rings (SSSR count). The van der Waals surface area contributed by atoms with Crippen molar-refractivity contribution in [2.75, 3.05) is 18.6 Å². The maximum Gasteiger partial charge on any atom is 0.230 e. The van der Waals surface area contributed by atoms with Crippen LogP contribution in [0.1, 0.15) is 11.6 Å². The quantitative estimate of drug-likeness (QED) is 0.744. The Hall–Kier alpha value is -1.40. The van der Waals surface area contributed by atoms with Crippen molar-refractivity contribution in [3.05, 3.63) is 29.8 Å². The maximum absolute atomic E-state index is 11.5. The number of amides is 1. The van der Waals surface area contributed by atoms with Gasteiger partial charge in [0.2, 0.25) is 5.91 Å². The third-order valence-electron chi connectivity index (χ3n) is 2.21. The average molecular weight is 256 g/mol. The molecule has 5 nitrogen and oxygen atoms in total. The van der Waals surface area contributed by atoms with Crippen LogP contribution in [0.25, 0.3) is 0 Å². The molecule has 0 aliphatic rings. The van der Waals surface area contributed by atoms with Crippen molar-refractivity contribution in [2.24, 2.45) is 11.5 Å². The van der Waals surface area contributed by atoms with E-state index in [-0.39, 0.29) is 11.5 Å². The van der Waals surface area contributed by atoms with Crippen LogP contribution in [0.4, 0.5) is 0 Å². The minimum Gasteiger partial charge on any atom is -0.496 e. The number of carbonyl (C=O) groups is 1. The van der Waals surface area contributed by atoms with Crippen LogP contribution < -0.4 is 16.2 Å². The summed E-state index contributed by atoms with van der Waals surface area (Å²) < 4.78 is 16.7. The van der Waals surface area contributed by atoms with E-state index >= 15 is 0 Å². The molecule has 0 heterocycles. The highest BCUT2D eigenvalue weighted by Crippen LogP contribution is 2.23. The van der Waals surface area contributed by atoms with Gasteiger partial charge in [-0.05, 0) is 6.07 Å². The van der Waals surface area contributed by atoms with Crippen LogP contribution in [-0.4, -0.2) is 28.7 Å². The van der Waals surface area contributed by atoms with Crippen LogP contribution >= 0.6 is 0 Å². The van der Waals surface area contributed by atoms with Crippen LogP contribution in [0.2, 0.25) is 0 Å². The van der Waals surface area contributed by atoms with Crippen LogP contribution in [0.15, 0.2) is 24.3 Å². The molecule has 17 heavy (non-hydrogen) atoms. The van der Waals surface area contributed by atoms with Crippen molar-refractivity contribution in [1.29, 1.82) is 0 Å². The SMILES string of the molecule is COc1ccccc1C(N)CS(=O)CC(N)=O. The lowest BCUT2D eigenvalue weighted by Crippen LogP contribution is -2.26. The molecule has 6 heteroatoms. The first-order valence-electron chi connectivity index (χ1n) is 5.06. The number of carbonyl (C=O) groups excluding carboxylic acids is 1. The van der Waals surface area contributed by atoms with Gasteiger partial charge in [-0.1, -0.05) is 18.2 Å². The Bertz CT molecular complexity index is 423. The lowest BCUT2D eigenvalue weighted by molar-refractivity contribution is -0.115. The zero-order valence-corrected chi connectivity index (χ0v) is 10.4. The molecule has 0 bridgehead atoms. The fourth-order valence-corrected chi connectivity index (χ4v) is 2.50. The van der Waals surface area contributed by atoms with Gasteiger partial charge in [0.25, 0.3) is 0 Å². The molecule has 1 aromatic rings. The van der Waals surface area contributed by atoms with Gasteiger partial charge < -0.3 is 16.2 Å².